The molecule has 7 heteroatoms. The summed E-state index contributed by atoms with van der Waals surface area (Å²) >= 11 is -2.40. The maximum atomic E-state index is 11.2. The summed E-state index contributed by atoms with van der Waals surface area (Å²) in [6.07, 6.45) is -2.73. The summed E-state index contributed by atoms with van der Waals surface area (Å²) in [4.78, 5) is 0. The van der Waals surface area contributed by atoms with Crippen molar-refractivity contribution in [3.63, 3.8) is 0 Å². The van der Waals surface area contributed by atoms with Crippen LogP contribution < -0.4 is 0 Å². The Morgan fingerprint density at radius 1 is 1.40 bits per heavy atom. The van der Waals surface area contributed by atoms with Gasteiger partial charge >= 0.3 is 11.4 Å². The normalized spacial score (nSPS) is 14.0. The summed E-state index contributed by atoms with van der Waals surface area (Å²) in [5, 5.41) is 0. The van der Waals surface area contributed by atoms with Crippen molar-refractivity contribution in [2.45, 2.75) is 6.43 Å². The Hall–Kier alpha value is -0.140. The van der Waals surface area contributed by atoms with E-state index in [0.29, 0.717) is 0 Å². The van der Waals surface area contributed by atoms with E-state index in [4.69, 9.17) is 0 Å². The van der Waals surface area contributed by atoms with Gasteiger partial charge in [-0.25, -0.2) is 17.4 Å². The van der Waals surface area contributed by atoms with Gasteiger partial charge in [-0.1, -0.05) is 0 Å². The van der Waals surface area contributed by atoms with Gasteiger partial charge in [0.25, 0.3) is 6.43 Å². The van der Waals surface area contributed by atoms with Crippen LogP contribution >= 0.6 is 0 Å². The van der Waals surface area contributed by atoms with Gasteiger partial charge in [0.05, 0.1) is 0 Å². The molecule has 0 aliphatic carbocycles. The molecule has 62 valence electrons. The van der Waals surface area contributed by atoms with Gasteiger partial charge in [-0.2, -0.15) is 4.21 Å². The lowest BCUT2D eigenvalue weighted by atomic mass is 10.8. The summed E-state index contributed by atoms with van der Waals surface area (Å²) in [7, 11) is 0. The Kier molecular flexibility index (Phi) is 5.55. The van der Waals surface area contributed by atoms with Crippen LogP contribution in [0.25, 0.3) is 0 Å². The van der Waals surface area contributed by atoms with Gasteiger partial charge in [0.15, 0.2) is 0 Å². The van der Waals surface area contributed by atoms with E-state index >= 15 is 0 Å². The molecule has 0 N–H and O–H groups in total. The third kappa shape index (κ3) is 5.99. The highest BCUT2D eigenvalue weighted by Gasteiger charge is 2.06. The Labute approximate surface area is 58.0 Å². The van der Waals surface area contributed by atoms with Crippen LogP contribution in [0.4, 0.5) is 13.2 Å². The van der Waals surface area contributed by atoms with Crippen LogP contribution in [-0.4, -0.2) is 24.1 Å². The van der Waals surface area contributed by atoms with E-state index in [1.807, 2.05) is 0 Å². The summed E-state index contributed by atoms with van der Waals surface area (Å²) in [6, 6.07) is 0. The van der Waals surface area contributed by atoms with Crippen molar-refractivity contribution in [3.8, 4) is 0 Å². The molecule has 0 aromatic carbocycles. The number of alkyl halides is 3. The van der Waals surface area contributed by atoms with Gasteiger partial charge in [-0.05, 0) is 0 Å². The van der Waals surface area contributed by atoms with Gasteiger partial charge in [0.1, 0.15) is 6.61 Å². The largest absolute Gasteiger partial charge is 0.307 e. The van der Waals surface area contributed by atoms with Gasteiger partial charge in [0.2, 0.25) is 6.86 Å². The Morgan fingerprint density at radius 2 is 2.00 bits per heavy atom. The molecule has 10 heavy (non-hydrogen) atoms. The molecule has 0 aromatic heterocycles. The molecule has 0 bridgehead atoms. The van der Waals surface area contributed by atoms with Gasteiger partial charge in [-0.3, -0.25) is 4.18 Å². The number of hydrogen-bond donors (Lipinski definition) is 0. The predicted molar refractivity (Wildman–Crippen MR) is 27.2 cm³/mol. The molecule has 0 amide bonds. The average Bonchev–Trinajstić information content (AvgIpc) is 1.85. The molecule has 0 saturated heterocycles. The molecule has 0 radical (unpaired) electrons. The second kappa shape index (κ2) is 5.63. The van der Waals surface area contributed by atoms with Gasteiger partial charge < -0.3 is 0 Å². The Bertz CT molecular complexity index is 109. The minimum absolute atomic E-state index is 1.02. The van der Waals surface area contributed by atoms with E-state index in [1.165, 1.54) is 0 Å². The standard InChI is InChI=1S/C3H5F3O3S/c4-2-9-10(7)8-1-3(5)6/h3H,1-2H2. The highest BCUT2D eigenvalue weighted by molar-refractivity contribution is 7.75. The fourth-order valence-corrected chi connectivity index (χ4v) is 0.532. The van der Waals surface area contributed by atoms with Crippen LogP contribution in [0.1, 0.15) is 0 Å². The molecule has 0 aliphatic heterocycles. The second-order valence-electron chi connectivity index (χ2n) is 1.11. The lowest BCUT2D eigenvalue weighted by molar-refractivity contribution is 0.0752. The van der Waals surface area contributed by atoms with Crippen molar-refractivity contribution in [2.24, 2.45) is 0 Å². The zero-order chi connectivity index (χ0) is 7.98. The summed E-state index contributed by atoms with van der Waals surface area (Å²) in [5.74, 6) is 0. The van der Waals surface area contributed by atoms with E-state index in [-0.39, 0.29) is 0 Å². The molecular formula is C3H5F3O3S. The van der Waals surface area contributed by atoms with E-state index in [0.717, 1.165) is 0 Å². The summed E-state index contributed by atoms with van der Waals surface area (Å²) < 4.78 is 51.0. The average molecular weight is 178 g/mol. The third-order valence-corrected chi connectivity index (χ3v) is 1.04. The quantitative estimate of drug-likeness (QED) is 0.624. The smallest absolute Gasteiger partial charge is 0.262 e. The van der Waals surface area contributed by atoms with Crippen LogP contribution in [0.5, 0.6) is 0 Å². The molecule has 0 aromatic rings. The molecule has 1 atom stereocenters. The first-order chi connectivity index (χ1) is 4.66. The predicted octanol–water partition coefficient (Wildman–Crippen LogP) is 0.790. The molecule has 0 fully saturated rings. The van der Waals surface area contributed by atoms with Crippen LogP contribution in [0.3, 0.4) is 0 Å². The monoisotopic (exact) mass is 178 g/mol. The fraction of sp³-hybridized carbons (Fsp3) is 1.00. The summed E-state index contributed by atoms with van der Waals surface area (Å²) in [5.41, 5.74) is 0. The van der Waals surface area contributed by atoms with E-state index in [9.17, 15) is 17.4 Å². The zero-order valence-corrected chi connectivity index (χ0v) is 5.57. The highest BCUT2D eigenvalue weighted by atomic mass is 32.2. The molecule has 0 heterocycles. The lowest BCUT2D eigenvalue weighted by Gasteiger charge is -1.98. The molecule has 0 rings (SSSR count). The maximum Gasteiger partial charge on any atom is 0.307 e. The van der Waals surface area contributed by atoms with Crippen molar-refractivity contribution in [2.75, 3.05) is 13.5 Å². The van der Waals surface area contributed by atoms with Crippen molar-refractivity contribution < 1.29 is 25.7 Å². The van der Waals surface area contributed by atoms with Crippen LogP contribution in [0.15, 0.2) is 0 Å². The van der Waals surface area contributed by atoms with Crippen LogP contribution in [0.2, 0.25) is 0 Å². The molecular weight excluding hydrogens is 173 g/mol. The minimum atomic E-state index is -2.73. The van der Waals surface area contributed by atoms with Gasteiger partial charge in [0, 0.05) is 0 Å². The van der Waals surface area contributed by atoms with Crippen molar-refractivity contribution in [1.29, 1.82) is 0 Å². The van der Waals surface area contributed by atoms with Gasteiger partial charge in [-0.15, -0.1) is 0 Å². The first-order valence-corrected chi connectivity index (χ1v) is 3.19. The molecule has 0 aliphatic rings. The topological polar surface area (TPSA) is 35.5 Å². The minimum Gasteiger partial charge on any atom is -0.262 e. The number of hydrogen-bond acceptors (Lipinski definition) is 3. The van der Waals surface area contributed by atoms with E-state index in [1.54, 1.807) is 0 Å². The maximum absolute atomic E-state index is 11.2. The van der Waals surface area contributed by atoms with E-state index in [2.05, 4.69) is 8.37 Å². The Balaban J connectivity index is 3.22. The zero-order valence-electron chi connectivity index (χ0n) is 4.76. The molecule has 0 saturated carbocycles. The summed E-state index contributed by atoms with van der Waals surface area (Å²) in [6.45, 7) is -2.34. The lowest BCUT2D eigenvalue weighted by Crippen LogP contribution is -2.08. The fourth-order valence-electron chi connectivity index (χ4n) is 0.177. The van der Waals surface area contributed by atoms with Crippen molar-refractivity contribution in [1.82, 2.24) is 0 Å². The van der Waals surface area contributed by atoms with Crippen LogP contribution in [-0.2, 0) is 19.7 Å². The third-order valence-electron chi connectivity index (χ3n) is 0.431. The van der Waals surface area contributed by atoms with Crippen molar-refractivity contribution in [3.05, 3.63) is 0 Å². The van der Waals surface area contributed by atoms with Crippen LogP contribution in [0, 0.1) is 0 Å². The van der Waals surface area contributed by atoms with E-state index < -0.39 is 31.3 Å². The SMILES string of the molecule is O=S(OCF)OCC(F)F. The highest BCUT2D eigenvalue weighted by Crippen LogP contribution is 1.96. The van der Waals surface area contributed by atoms with Crippen molar-refractivity contribution >= 4 is 11.4 Å². The first-order valence-electron chi connectivity index (χ1n) is 2.19. The Morgan fingerprint density at radius 3 is 2.40 bits per heavy atom. The number of halogens is 3. The first kappa shape index (κ1) is 9.86. The number of rotatable bonds is 5. The molecule has 1 unspecified atom stereocenters. The molecule has 3 nitrogen and oxygen atoms in total. The molecule has 0 spiro atoms. The second-order valence-corrected chi connectivity index (χ2v) is 1.99.